The van der Waals surface area contributed by atoms with Crippen molar-refractivity contribution in [2.45, 2.75) is 16.7 Å². The third-order valence-electron chi connectivity index (χ3n) is 7.55. The molecule has 13 nitrogen and oxygen atoms in total. The van der Waals surface area contributed by atoms with E-state index in [1.165, 1.54) is 36.4 Å². The van der Waals surface area contributed by atoms with E-state index in [4.69, 9.17) is 16.2 Å². The molecule has 0 saturated carbocycles. The number of nitrogen functional groups attached to an aromatic ring is 2. The Balaban J connectivity index is 0.00000292. The number of hydrogen-bond acceptors (Lipinski definition) is 13. The number of nitrogens with zero attached hydrogens (tertiary/aromatic N) is 4. The third-order valence-corrected chi connectivity index (χ3v) is 9.21. The zero-order valence-electron chi connectivity index (χ0n) is 27.6. The Hall–Kier alpha value is -3.74. The van der Waals surface area contributed by atoms with Gasteiger partial charge in [0.05, 0.1) is 33.5 Å². The molecule has 4 N–H and O–H groups in total. The standard InChI is InChI=1S/C34H28N6O7S2.2Na/c1-2-47-32-18-22(8-16-31(32)38-40-34-28-19-26(49(44,45)46)11-5-21(28)6-14-30(34)36)20-3-9-24(10-4-20)37-39-33-27-13-12-25(48(41,42)43)17-23(27)7-15-29(33)35;;/h3-19H,2,35-36H2,1H3,(H,41,42,43)(H,44,45,46);;/q;2*+1/p-2. The van der Waals surface area contributed by atoms with Crippen LogP contribution in [0.1, 0.15) is 6.92 Å². The summed E-state index contributed by atoms with van der Waals surface area (Å²) < 4.78 is 75.0. The van der Waals surface area contributed by atoms with E-state index in [9.17, 15) is 25.9 Å². The number of rotatable bonds is 9. The number of fused-ring (bicyclic) bond motifs is 2. The molecule has 0 aliphatic heterocycles. The van der Waals surface area contributed by atoms with Gasteiger partial charge in [-0.25, -0.2) is 16.8 Å². The van der Waals surface area contributed by atoms with Crippen molar-refractivity contribution in [3.63, 3.8) is 0 Å². The summed E-state index contributed by atoms with van der Waals surface area (Å²) >= 11 is 0. The van der Waals surface area contributed by atoms with Crippen LogP contribution in [0.2, 0.25) is 0 Å². The molecule has 0 spiro atoms. The minimum atomic E-state index is -4.70. The Bertz CT molecular complexity index is 2550. The van der Waals surface area contributed by atoms with Crippen molar-refractivity contribution in [1.29, 1.82) is 0 Å². The van der Waals surface area contributed by atoms with Crippen LogP contribution in [0.5, 0.6) is 5.75 Å². The fraction of sp³-hybridized carbons (Fsp3) is 0.0588. The molecule has 6 rings (SSSR count). The van der Waals surface area contributed by atoms with E-state index in [0.717, 1.165) is 11.1 Å². The van der Waals surface area contributed by atoms with Crippen LogP contribution in [0.3, 0.4) is 0 Å². The Morgan fingerprint density at radius 2 is 1.14 bits per heavy atom. The molecule has 0 saturated heterocycles. The first-order chi connectivity index (χ1) is 23.3. The van der Waals surface area contributed by atoms with Crippen molar-refractivity contribution >= 4 is 75.9 Å². The van der Waals surface area contributed by atoms with Gasteiger partial charge in [0.15, 0.2) is 0 Å². The van der Waals surface area contributed by atoms with Gasteiger partial charge in [-0.3, -0.25) is 0 Å². The number of nitrogens with two attached hydrogens (primary N) is 2. The minimum absolute atomic E-state index is 0. The molecule has 0 aliphatic carbocycles. The average molecular weight is 741 g/mol. The second kappa shape index (κ2) is 16.3. The maximum atomic E-state index is 11.6. The summed E-state index contributed by atoms with van der Waals surface area (Å²) in [6.07, 6.45) is 0. The van der Waals surface area contributed by atoms with Crippen LogP contribution >= 0.6 is 0 Å². The van der Waals surface area contributed by atoms with Crippen molar-refractivity contribution in [1.82, 2.24) is 0 Å². The maximum absolute atomic E-state index is 11.6. The monoisotopic (exact) mass is 740 g/mol. The predicted molar refractivity (Wildman–Crippen MR) is 184 cm³/mol. The van der Waals surface area contributed by atoms with Crippen molar-refractivity contribution in [2.24, 2.45) is 20.5 Å². The smallest absolute Gasteiger partial charge is 0.744 e. The Morgan fingerprint density at radius 1 is 0.588 bits per heavy atom. The van der Waals surface area contributed by atoms with E-state index >= 15 is 0 Å². The first-order valence-electron chi connectivity index (χ1n) is 14.6. The third kappa shape index (κ3) is 9.02. The van der Waals surface area contributed by atoms with Crippen LogP contribution < -0.4 is 75.3 Å². The summed E-state index contributed by atoms with van der Waals surface area (Å²) in [5, 5.41) is 19.3. The molecule has 0 atom stereocenters. The van der Waals surface area contributed by atoms with Crippen LogP contribution in [0.15, 0.2) is 133 Å². The van der Waals surface area contributed by atoms with Crippen LogP contribution in [-0.2, 0) is 20.2 Å². The Labute approximate surface area is 337 Å². The van der Waals surface area contributed by atoms with E-state index in [2.05, 4.69) is 20.5 Å². The molecule has 17 heteroatoms. The fourth-order valence-corrected chi connectivity index (χ4v) is 6.12. The molecule has 0 unspecified atom stereocenters. The normalized spacial score (nSPS) is 11.9. The van der Waals surface area contributed by atoms with Gasteiger partial charge in [-0.05, 0) is 89.5 Å². The van der Waals surface area contributed by atoms with Gasteiger partial charge in [-0.15, -0.1) is 15.3 Å². The molecule has 0 heterocycles. The van der Waals surface area contributed by atoms with E-state index in [1.54, 1.807) is 48.5 Å². The van der Waals surface area contributed by atoms with Gasteiger partial charge in [0.2, 0.25) is 0 Å². The molecule has 0 fully saturated rings. The summed E-state index contributed by atoms with van der Waals surface area (Å²) in [4.78, 5) is -0.752. The van der Waals surface area contributed by atoms with Gasteiger partial charge in [0.25, 0.3) is 0 Å². The number of anilines is 2. The average Bonchev–Trinajstić information content (AvgIpc) is 3.07. The van der Waals surface area contributed by atoms with Gasteiger partial charge < -0.3 is 25.3 Å². The zero-order valence-corrected chi connectivity index (χ0v) is 33.3. The molecule has 248 valence electrons. The molecule has 6 aromatic carbocycles. The second-order valence-corrected chi connectivity index (χ2v) is 13.5. The summed E-state index contributed by atoms with van der Waals surface area (Å²) in [7, 11) is -9.32. The zero-order chi connectivity index (χ0) is 34.9. The SMILES string of the molecule is CCOc1cc(-c2ccc(N=Nc3c(N)ccc4cc(S(=O)(=O)[O-])ccc34)cc2)ccc1N=Nc1c(N)ccc2ccc(S(=O)(=O)[O-])cc12.[Na+].[Na+]. The van der Waals surface area contributed by atoms with Gasteiger partial charge >= 0.3 is 59.1 Å². The number of hydrogen-bond donors (Lipinski definition) is 2. The van der Waals surface area contributed by atoms with E-state index in [1.807, 2.05) is 25.1 Å². The van der Waals surface area contributed by atoms with Crippen LogP contribution in [0.4, 0.5) is 34.1 Å². The van der Waals surface area contributed by atoms with E-state index in [0.29, 0.717) is 56.7 Å². The summed E-state index contributed by atoms with van der Waals surface area (Å²) in [6.45, 7) is 2.17. The van der Waals surface area contributed by atoms with Crippen molar-refractivity contribution in [3.05, 3.63) is 103 Å². The van der Waals surface area contributed by atoms with Crippen LogP contribution in [0.25, 0.3) is 32.7 Å². The molecular weight excluding hydrogens is 715 g/mol. The van der Waals surface area contributed by atoms with E-state index in [-0.39, 0.29) is 75.4 Å². The van der Waals surface area contributed by atoms with Gasteiger partial charge in [-0.2, -0.15) is 5.11 Å². The summed E-state index contributed by atoms with van der Waals surface area (Å²) in [5.41, 5.74) is 16.0. The van der Waals surface area contributed by atoms with Gasteiger partial charge in [0.1, 0.15) is 43.0 Å². The fourth-order valence-electron chi connectivity index (χ4n) is 5.12. The van der Waals surface area contributed by atoms with Crippen LogP contribution in [-0.4, -0.2) is 32.5 Å². The summed E-state index contributed by atoms with van der Waals surface area (Å²) in [5.74, 6) is 0.438. The summed E-state index contributed by atoms with van der Waals surface area (Å²) in [6, 6.07) is 27.0. The van der Waals surface area contributed by atoms with Crippen LogP contribution in [0, 0.1) is 0 Å². The maximum Gasteiger partial charge on any atom is 1.00 e. The molecule has 6 aromatic rings. The largest absolute Gasteiger partial charge is 1.00 e. The number of ether oxygens (including phenoxy) is 1. The molecule has 0 bridgehead atoms. The molecule has 0 amide bonds. The number of benzene rings is 6. The minimum Gasteiger partial charge on any atom is -0.744 e. The first kappa shape index (κ1) is 40.0. The quantitative estimate of drug-likeness (QED) is 0.0954. The molecule has 0 aromatic heterocycles. The molecule has 51 heavy (non-hydrogen) atoms. The van der Waals surface area contributed by atoms with Crippen molar-refractivity contribution in [2.75, 3.05) is 18.1 Å². The number of azo groups is 2. The first-order valence-corrected chi connectivity index (χ1v) is 17.4. The van der Waals surface area contributed by atoms with E-state index < -0.39 is 25.1 Å². The Morgan fingerprint density at radius 3 is 1.78 bits per heavy atom. The molecule has 0 radical (unpaired) electrons. The Kier molecular flexibility index (Phi) is 12.8. The topological polar surface area (TPSA) is 225 Å². The molecular formula is C34H26N6Na2O7S2. The van der Waals surface area contributed by atoms with Crippen molar-refractivity contribution in [3.8, 4) is 16.9 Å². The second-order valence-electron chi connectivity index (χ2n) is 10.7. The van der Waals surface area contributed by atoms with Crippen molar-refractivity contribution < 1.29 is 89.8 Å². The predicted octanol–water partition coefficient (Wildman–Crippen LogP) is 1.87. The van der Waals surface area contributed by atoms with Gasteiger partial charge in [0, 0.05) is 10.8 Å². The van der Waals surface area contributed by atoms with Gasteiger partial charge in [-0.1, -0.05) is 42.5 Å². The molecule has 0 aliphatic rings.